The van der Waals surface area contributed by atoms with Crippen LogP contribution in [0.3, 0.4) is 0 Å². The second kappa shape index (κ2) is 11.3. The summed E-state index contributed by atoms with van der Waals surface area (Å²) < 4.78 is 0. The minimum atomic E-state index is 0.989. The van der Waals surface area contributed by atoms with Crippen LogP contribution in [0.4, 0.5) is 0 Å². The van der Waals surface area contributed by atoms with Crippen LogP contribution in [0.1, 0.15) is 0 Å². The van der Waals surface area contributed by atoms with E-state index in [9.17, 15) is 0 Å². The van der Waals surface area contributed by atoms with Crippen LogP contribution >= 0.6 is 0 Å². The first kappa shape index (κ1) is 28.8. The number of benzene rings is 8. The van der Waals surface area contributed by atoms with Gasteiger partial charge in [-0.05, 0) is 137 Å². The second-order valence-electron chi connectivity index (χ2n) is 13.7. The zero-order valence-electron chi connectivity index (χ0n) is 28.1. The number of aromatic nitrogens is 3. The monoisotopic (exact) mass is 659 g/mol. The average molecular weight is 660 g/mol. The molecule has 11 aromatic rings. The first-order valence-corrected chi connectivity index (χ1v) is 17.7. The third-order valence-corrected chi connectivity index (χ3v) is 10.7. The number of nitrogens with zero attached hydrogens (tertiary/aromatic N) is 3. The molecule has 0 atom stereocenters. The van der Waals surface area contributed by atoms with Gasteiger partial charge in [-0.15, -0.1) is 0 Å². The smallest absolute Gasteiger partial charge is 0.0708 e. The zero-order chi connectivity index (χ0) is 34.2. The molecule has 240 valence electrons. The number of fused-ring (bicyclic) bond motifs is 3. The molecule has 0 N–H and O–H groups in total. The molecule has 0 amide bonds. The fraction of sp³-hybridized carbons (Fsp3) is 0. The van der Waals surface area contributed by atoms with Crippen molar-refractivity contribution >= 4 is 65.0 Å². The van der Waals surface area contributed by atoms with Gasteiger partial charge in [0.05, 0.1) is 16.6 Å². The highest BCUT2D eigenvalue weighted by Gasteiger charge is 2.17. The van der Waals surface area contributed by atoms with Gasteiger partial charge in [0, 0.05) is 34.7 Å². The molecule has 8 aromatic carbocycles. The molecule has 0 aliphatic carbocycles. The number of hydrogen-bond donors (Lipinski definition) is 0. The van der Waals surface area contributed by atoms with E-state index >= 15 is 0 Å². The molecule has 0 fully saturated rings. The van der Waals surface area contributed by atoms with Gasteiger partial charge in [-0.1, -0.05) is 97.1 Å². The lowest BCUT2D eigenvalue weighted by Gasteiger charge is -2.18. The minimum Gasteiger partial charge on any atom is -0.256 e. The average Bonchev–Trinajstić information content (AvgIpc) is 3.22. The predicted octanol–water partition coefficient (Wildman–Crippen LogP) is 12.9. The topological polar surface area (TPSA) is 38.7 Å². The molecule has 0 spiro atoms. The first-order chi connectivity index (χ1) is 25.7. The van der Waals surface area contributed by atoms with Gasteiger partial charge in [-0.25, -0.2) is 0 Å². The van der Waals surface area contributed by atoms with Gasteiger partial charge < -0.3 is 0 Å². The van der Waals surface area contributed by atoms with Crippen LogP contribution in [-0.2, 0) is 0 Å². The molecule has 3 aromatic heterocycles. The molecule has 3 heterocycles. The molecule has 0 radical (unpaired) electrons. The zero-order valence-corrected chi connectivity index (χ0v) is 28.1. The van der Waals surface area contributed by atoms with Crippen molar-refractivity contribution in [3.8, 4) is 44.5 Å². The Labute approximate surface area is 299 Å². The Morgan fingerprint density at radius 1 is 0.269 bits per heavy atom. The molecule has 0 aliphatic heterocycles. The molecular weight excluding hydrogens is 631 g/mol. The fourth-order valence-corrected chi connectivity index (χ4v) is 8.16. The third-order valence-electron chi connectivity index (χ3n) is 10.7. The Hall–Kier alpha value is -6.97. The summed E-state index contributed by atoms with van der Waals surface area (Å²) in [4.78, 5) is 13.9. The third kappa shape index (κ3) is 4.57. The summed E-state index contributed by atoms with van der Waals surface area (Å²) in [5.74, 6) is 0. The number of hydrogen-bond acceptors (Lipinski definition) is 3. The molecule has 0 unspecified atom stereocenters. The van der Waals surface area contributed by atoms with E-state index in [-0.39, 0.29) is 0 Å². The van der Waals surface area contributed by atoms with Crippen molar-refractivity contribution in [2.45, 2.75) is 0 Å². The Morgan fingerprint density at radius 3 is 1.33 bits per heavy atom. The van der Waals surface area contributed by atoms with Crippen LogP contribution in [-0.4, -0.2) is 15.0 Å². The second-order valence-corrected chi connectivity index (χ2v) is 13.7. The van der Waals surface area contributed by atoms with Crippen molar-refractivity contribution in [2.75, 3.05) is 0 Å². The summed E-state index contributed by atoms with van der Waals surface area (Å²) in [7, 11) is 0. The van der Waals surface area contributed by atoms with Crippen LogP contribution in [0.5, 0.6) is 0 Å². The SMILES string of the molecule is c1cnc2ccc(-c3ccc4ccc5c(-c6cc(-c7ccc8cccnc8c7)cc(-c7ccc8cccnc8c7)c6)ccc6ccc3c4c65)cc2c1. The van der Waals surface area contributed by atoms with E-state index in [4.69, 9.17) is 0 Å². The molecule has 0 saturated carbocycles. The number of pyridine rings is 3. The molecule has 3 heteroatoms. The van der Waals surface area contributed by atoms with Crippen LogP contribution < -0.4 is 0 Å². The quantitative estimate of drug-likeness (QED) is 0.177. The van der Waals surface area contributed by atoms with Crippen LogP contribution in [0, 0.1) is 0 Å². The van der Waals surface area contributed by atoms with Gasteiger partial charge in [0.15, 0.2) is 0 Å². The maximum absolute atomic E-state index is 4.68. The maximum atomic E-state index is 4.68. The lowest BCUT2D eigenvalue weighted by atomic mass is 9.86. The highest BCUT2D eigenvalue weighted by atomic mass is 14.6. The van der Waals surface area contributed by atoms with E-state index in [0.29, 0.717) is 0 Å². The molecule has 11 rings (SSSR count). The van der Waals surface area contributed by atoms with Crippen molar-refractivity contribution in [3.05, 3.63) is 176 Å². The summed E-state index contributed by atoms with van der Waals surface area (Å²) in [6, 6.07) is 57.4. The highest BCUT2D eigenvalue weighted by molar-refractivity contribution is 6.27. The van der Waals surface area contributed by atoms with Crippen molar-refractivity contribution in [2.24, 2.45) is 0 Å². The molecule has 0 aliphatic rings. The molecule has 0 saturated heterocycles. The maximum Gasteiger partial charge on any atom is 0.0708 e. The predicted molar refractivity (Wildman–Crippen MR) is 218 cm³/mol. The van der Waals surface area contributed by atoms with Crippen molar-refractivity contribution < 1.29 is 0 Å². The lowest BCUT2D eigenvalue weighted by molar-refractivity contribution is 1.41. The van der Waals surface area contributed by atoms with Crippen molar-refractivity contribution in [3.63, 3.8) is 0 Å². The minimum absolute atomic E-state index is 0.989. The standard InChI is InChI=1S/C49H29N3/c1-4-30-7-9-34(28-46(30)51-22-1)38-25-39(35-10-8-31-5-2-23-52-47(31)29-35)27-40(26-38)42-17-12-33-13-18-43-41(16-11-32-14-19-44(42)49(33)48(32)43)36-15-20-45-37(24-36)6-3-21-50-45/h1-29H. The molecule has 0 bridgehead atoms. The molecular formula is C49H29N3. The van der Waals surface area contributed by atoms with Gasteiger partial charge in [0.1, 0.15) is 0 Å². The summed E-state index contributed by atoms with van der Waals surface area (Å²) in [5, 5.41) is 11.0. The van der Waals surface area contributed by atoms with E-state index in [2.05, 4.69) is 154 Å². The van der Waals surface area contributed by atoms with Gasteiger partial charge >= 0.3 is 0 Å². The summed E-state index contributed by atoms with van der Waals surface area (Å²) in [6.07, 6.45) is 5.58. The summed E-state index contributed by atoms with van der Waals surface area (Å²) >= 11 is 0. The fourth-order valence-electron chi connectivity index (χ4n) is 8.16. The van der Waals surface area contributed by atoms with Gasteiger partial charge in [-0.3, -0.25) is 15.0 Å². The summed E-state index contributed by atoms with van der Waals surface area (Å²) in [5.41, 5.74) is 12.4. The van der Waals surface area contributed by atoms with Gasteiger partial charge in [0.2, 0.25) is 0 Å². The Balaban J connectivity index is 1.15. The van der Waals surface area contributed by atoms with E-state index in [0.717, 1.165) is 55.0 Å². The van der Waals surface area contributed by atoms with Gasteiger partial charge in [0.25, 0.3) is 0 Å². The summed E-state index contributed by atoms with van der Waals surface area (Å²) in [6.45, 7) is 0. The van der Waals surface area contributed by atoms with Gasteiger partial charge in [-0.2, -0.15) is 0 Å². The number of rotatable bonds is 4. The van der Waals surface area contributed by atoms with E-state index in [1.54, 1.807) is 0 Å². The van der Waals surface area contributed by atoms with E-state index < -0.39 is 0 Å². The molecule has 3 nitrogen and oxygen atoms in total. The van der Waals surface area contributed by atoms with E-state index in [1.807, 2.05) is 36.8 Å². The first-order valence-electron chi connectivity index (χ1n) is 17.7. The van der Waals surface area contributed by atoms with Crippen LogP contribution in [0.25, 0.3) is 110 Å². The highest BCUT2D eigenvalue weighted by Crippen LogP contribution is 2.44. The van der Waals surface area contributed by atoms with Crippen molar-refractivity contribution in [1.82, 2.24) is 15.0 Å². The largest absolute Gasteiger partial charge is 0.256 e. The van der Waals surface area contributed by atoms with Crippen LogP contribution in [0.15, 0.2) is 176 Å². The Morgan fingerprint density at radius 2 is 0.731 bits per heavy atom. The van der Waals surface area contributed by atoms with E-state index in [1.165, 1.54) is 54.6 Å². The Bertz CT molecular complexity index is 3100. The lowest BCUT2D eigenvalue weighted by Crippen LogP contribution is -1.91. The van der Waals surface area contributed by atoms with Crippen LogP contribution in [0.2, 0.25) is 0 Å². The normalized spacial score (nSPS) is 11.8. The van der Waals surface area contributed by atoms with Crippen molar-refractivity contribution in [1.29, 1.82) is 0 Å². The Kier molecular flexibility index (Phi) is 6.25. The molecule has 52 heavy (non-hydrogen) atoms.